The molecular weight excluding hydrogens is 298 g/mol. The number of rotatable bonds is 5. The third-order valence-corrected chi connectivity index (χ3v) is 3.95. The van der Waals surface area contributed by atoms with Gasteiger partial charge in [0.15, 0.2) is 0 Å². The molecular formula is C17H18ClN3O. The van der Waals surface area contributed by atoms with Gasteiger partial charge in [0.1, 0.15) is 0 Å². The molecule has 0 radical (unpaired) electrons. The van der Waals surface area contributed by atoms with Gasteiger partial charge in [0.25, 0.3) is 0 Å². The Morgan fingerprint density at radius 3 is 2.91 bits per heavy atom. The molecule has 2 heterocycles. The third-order valence-electron chi connectivity index (χ3n) is 3.72. The molecule has 22 heavy (non-hydrogen) atoms. The molecule has 0 aliphatic heterocycles. The quantitative estimate of drug-likeness (QED) is 0.712. The SMILES string of the molecule is Cn1c(-c2cncc(CNCCO)c2)cc2ccc(Cl)cc21. The average molecular weight is 316 g/mol. The van der Waals surface area contributed by atoms with Gasteiger partial charge in [-0.25, -0.2) is 0 Å². The van der Waals surface area contributed by atoms with Crippen molar-refractivity contribution < 1.29 is 5.11 Å². The topological polar surface area (TPSA) is 50.1 Å². The highest BCUT2D eigenvalue weighted by molar-refractivity contribution is 6.31. The van der Waals surface area contributed by atoms with Crippen molar-refractivity contribution in [3.8, 4) is 11.3 Å². The van der Waals surface area contributed by atoms with Crippen LogP contribution in [0.2, 0.25) is 5.02 Å². The second-order valence-corrected chi connectivity index (χ2v) is 5.71. The van der Waals surface area contributed by atoms with Crippen molar-refractivity contribution in [2.45, 2.75) is 6.54 Å². The molecule has 0 bridgehead atoms. The molecule has 0 unspecified atom stereocenters. The number of benzene rings is 1. The van der Waals surface area contributed by atoms with E-state index in [-0.39, 0.29) is 6.61 Å². The fourth-order valence-electron chi connectivity index (χ4n) is 2.62. The first-order valence-electron chi connectivity index (χ1n) is 7.20. The molecule has 0 atom stereocenters. The predicted molar refractivity (Wildman–Crippen MR) is 90.0 cm³/mol. The van der Waals surface area contributed by atoms with E-state index in [0.717, 1.165) is 32.7 Å². The van der Waals surface area contributed by atoms with E-state index in [1.54, 1.807) is 0 Å². The molecule has 5 heteroatoms. The summed E-state index contributed by atoms with van der Waals surface area (Å²) in [6.07, 6.45) is 3.71. The van der Waals surface area contributed by atoms with Gasteiger partial charge in [0.05, 0.1) is 12.3 Å². The number of fused-ring (bicyclic) bond motifs is 1. The average Bonchev–Trinajstić information content (AvgIpc) is 2.85. The molecule has 0 spiro atoms. The van der Waals surface area contributed by atoms with Crippen LogP contribution < -0.4 is 5.32 Å². The van der Waals surface area contributed by atoms with Crippen molar-refractivity contribution in [3.05, 3.63) is 53.3 Å². The summed E-state index contributed by atoms with van der Waals surface area (Å²) in [5.74, 6) is 0. The minimum Gasteiger partial charge on any atom is -0.395 e. The number of aliphatic hydroxyl groups is 1. The standard InChI is InChI=1S/C17H18ClN3O/c1-21-16(7-13-2-3-15(18)8-17(13)21)14-6-12(10-20-11-14)9-19-4-5-22/h2-3,6-8,10-11,19,22H,4-5,9H2,1H3. The van der Waals surface area contributed by atoms with Crippen molar-refractivity contribution >= 4 is 22.5 Å². The lowest BCUT2D eigenvalue weighted by atomic mass is 10.1. The zero-order chi connectivity index (χ0) is 15.5. The number of aliphatic hydroxyl groups excluding tert-OH is 1. The van der Waals surface area contributed by atoms with Gasteiger partial charge in [-0.05, 0) is 29.8 Å². The van der Waals surface area contributed by atoms with Crippen LogP contribution in [0.5, 0.6) is 0 Å². The lowest BCUT2D eigenvalue weighted by Crippen LogP contribution is -2.17. The number of hydrogen-bond donors (Lipinski definition) is 2. The highest BCUT2D eigenvalue weighted by atomic mass is 35.5. The van der Waals surface area contributed by atoms with Gasteiger partial charge in [0.2, 0.25) is 0 Å². The molecule has 0 aliphatic rings. The van der Waals surface area contributed by atoms with Crippen LogP contribution in [0.15, 0.2) is 42.7 Å². The van der Waals surface area contributed by atoms with Crippen LogP contribution in [0.3, 0.4) is 0 Å². The summed E-state index contributed by atoms with van der Waals surface area (Å²) in [6, 6.07) is 10.2. The molecule has 114 valence electrons. The van der Waals surface area contributed by atoms with Gasteiger partial charge in [-0.2, -0.15) is 0 Å². The highest BCUT2D eigenvalue weighted by Gasteiger charge is 2.09. The van der Waals surface area contributed by atoms with Crippen LogP contribution in [0.1, 0.15) is 5.56 Å². The largest absolute Gasteiger partial charge is 0.395 e. The van der Waals surface area contributed by atoms with Gasteiger partial charge in [-0.3, -0.25) is 4.98 Å². The first-order valence-corrected chi connectivity index (χ1v) is 7.57. The van der Waals surface area contributed by atoms with Gasteiger partial charge >= 0.3 is 0 Å². The number of aryl methyl sites for hydroxylation is 1. The van der Waals surface area contributed by atoms with Crippen LogP contribution in [0.25, 0.3) is 22.2 Å². The highest BCUT2D eigenvalue weighted by Crippen LogP contribution is 2.29. The molecule has 0 saturated heterocycles. The number of aromatic nitrogens is 2. The first kappa shape index (κ1) is 15.0. The molecule has 0 aliphatic carbocycles. The Bertz CT molecular complexity index is 798. The van der Waals surface area contributed by atoms with Crippen LogP contribution in [0.4, 0.5) is 0 Å². The molecule has 4 nitrogen and oxygen atoms in total. The lowest BCUT2D eigenvalue weighted by Gasteiger charge is -2.07. The summed E-state index contributed by atoms with van der Waals surface area (Å²) in [5.41, 5.74) is 4.37. The monoisotopic (exact) mass is 315 g/mol. The van der Waals surface area contributed by atoms with E-state index < -0.39 is 0 Å². The van der Waals surface area contributed by atoms with E-state index in [4.69, 9.17) is 16.7 Å². The lowest BCUT2D eigenvalue weighted by molar-refractivity contribution is 0.292. The second-order valence-electron chi connectivity index (χ2n) is 5.27. The maximum absolute atomic E-state index is 8.82. The summed E-state index contributed by atoms with van der Waals surface area (Å²) in [4.78, 5) is 4.33. The Morgan fingerprint density at radius 1 is 1.23 bits per heavy atom. The van der Waals surface area contributed by atoms with E-state index in [1.807, 2.05) is 37.6 Å². The molecule has 0 amide bonds. The number of hydrogen-bond acceptors (Lipinski definition) is 3. The maximum Gasteiger partial charge on any atom is 0.0556 e. The van der Waals surface area contributed by atoms with E-state index in [9.17, 15) is 0 Å². The van der Waals surface area contributed by atoms with Gasteiger partial charge in [-0.1, -0.05) is 17.7 Å². The van der Waals surface area contributed by atoms with Crippen molar-refractivity contribution in [3.63, 3.8) is 0 Å². The van der Waals surface area contributed by atoms with E-state index in [0.29, 0.717) is 13.1 Å². The molecule has 1 aromatic carbocycles. The number of nitrogens with zero attached hydrogens (tertiary/aromatic N) is 2. The smallest absolute Gasteiger partial charge is 0.0556 e. The minimum absolute atomic E-state index is 0.136. The Balaban J connectivity index is 1.97. The fraction of sp³-hybridized carbons (Fsp3) is 0.235. The summed E-state index contributed by atoms with van der Waals surface area (Å²) in [5, 5.41) is 13.9. The van der Waals surface area contributed by atoms with Crippen LogP contribution in [-0.2, 0) is 13.6 Å². The molecule has 2 N–H and O–H groups in total. The summed E-state index contributed by atoms with van der Waals surface area (Å²) in [7, 11) is 2.03. The predicted octanol–water partition coefficient (Wildman–Crippen LogP) is 2.98. The first-order chi connectivity index (χ1) is 10.7. The summed E-state index contributed by atoms with van der Waals surface area (Å²) >= 11 is 6.09. The molecule has 3 rings (SSSR count). The number of nitrogens with one attached hydrogen (secondary N) is 1. The maximum atomic E-state index is 8.82. The normalized spacial score (nSPS) is 11.2. The van der Waals surface area contributed by atoms with Crippen molar-refractivity contribution in [2.24, 2.45) is 7.05 Å². The number of pyridine rings is 1. The molecule has 3 aromatic rings. The van der Waals surface area contributed by atoms with E-state index >= 15 is 0 Å². The van der Waals surface area contributed by atoms with Gasteiger partial charge < -0.3 is 15.0 Å². The fourth-order valence-corrected chi connectivity index (χ4v) is 2.78. The molecule has 2 aromatic heterocycles. The van der Waals surface area contributed by atoms with Gasteiger partial charge in [0, 0.05) is 54.0 Å². The number of halogens is 1. The zero-order valence-electron chi connectivity index (χ0n) is 12.4. The van der Waals surface area contributed by atoms with Crippen LogP contribution >= 0.6 is 11.6 Å². The Kier molecular flexibility index (Phi) is 4.43. The van der Waals surface area contributed by atoms with Crippen LogP contribution in [-0.4, -0.2) is 27.8 Å². The third kappa shape index (κ3) is 2.99. The minimum atomic E-state index is 0.136. The van der Waals surface area contributed by atoms with Crippen molar-refractivity contribution in [2.75, 3.05) is 13.2 Å². The molecule has 0 fully saturated rings. The van der Waals surface area contributed by atoms with Crippen molar-refractivity contribution in [1.29, 1.82) is 0 Å². The Labute approximate surface area is 134 Å². The Hall–Kier alpha value is -1.88. The van der Waals surface area contributed by atoms with E-state index in [2.05, 4.69) is 27.0 Å². The second kappa shape index (κ2) is 6.48. The Morgan fingerprint density at radius 2 is 2.09 bits per heavy atom. The zero-order valence-corrected chi connectivity index (χ0v) is 13.1. The molecule has 0 saturated carbocycles. The summed E-state index contributed by atoms with van der Waals surface area (Å²) in [6.45, 7) is 1.41. The van der Waals surface area contributed by atoms with Gasteiger partial charge in [-0.15, -0.1) is 0 Å². The van der Waals surface area contributed by atoms with Crippen molar-refractivity contribution in [1.82, 2.24) is 14.9 Å². The van der Waals surface area contributed by atoms with Crippen LogP contribution in [0, 0.1) is 0 Å². The van der Waals surface area contributed by atoms with E-state index in [1.165, 1.54) is 0 Å². The summed E-state index contributed by atoms with van der Waals surface area (Å²) < 4.78 is 2.13.